The van der Waals surface area contributed by atoms with Gasteiger partial charge >= 0.3 is 11.9 Å². The molecule has 1 N–H and O–H groups in total. The van der Waals surface area contributed by atoms with Crippen LogP contribution in [-0.4, -0.2) is 32.3 Å². The molecular formula is C27H29NO5. The molecule has 0 aromatic heterocycles. The van der Waals surface area contributed by atoms with Crippen LogP contribution in [0.4, 0.5) is 0 Å². The zero-order valence-corrected chi connectivity index (χ0v) is 19.4. The van der Waals surface area contributed by atoms with Gasteiger partial charge in [-0.2, -0.15) is 0 Å². The number of hydrogen-bond donors (Lipinski definition) is 1. The standard InChI is InChI=1S/C27H29NO5/c1-5-32-26(29)23-18(3)28-25(20-13-8-7-9-14-20)24(27(30)33-6-2)21(23)17-16-19-12-10-11-15-22(19)31-4/h7-17,21,28H,5-6H2,1-4H3/b17-16+. The fraction of sp³-hybridized carbons (Fsp3) is 0.259. The number of para-hydroxylation sites is 1. The van der Waals surface area contributed by atoms with Crippen molar-refractivity contribution in [2.24, 2.45) is 5.92 Å². The van der Waals surface area contributed by atoms with Gasteiger partial charge in [0.2, 0.25) is 0 Å². The van der Waals surface area contributed by atoms with Gasteiger partial charge in [0, 0.05) is 17.2 Å². The lowest BCUT2D eigenvalue weighted by Gasteiger charge is -2.30. The summed E-state index contributed by atoms with van der Waals surface area (Å²) in [5.41, 5.74) is 3.58. The number of allylic oxidation sites excluding steroid dienone is 2. The second-order valence-corrected chi connectivity index (χ2v) is 7.34. The molecule has 1 unspecified atom stereocenters. The number of carbonyl (C=O) groups is 2. The first-order chi connectivity index (χ1) is 16.0. The zero-order valence-electron chi connectivity index (χ0n) is 19.4. The molecule has 1 heterocycles. The summed E-state index contributed by atoms with van der Waals surface area (Å²) in [4.78, 5) is 26.2. The van der Waals surface area contributed by atoms with Crippen LogP contribution >= 0.6 is 0 Å². The molecule has 6 nitrogen and oxygen atoms in total. The Balaban J connectivity index is 2.21. The first kappa shape index (κ1) is 23.9. The lowest BCUT2D eigenvalue weighted by Crippen LogP contribution is -2.33. The Morgan fingerprint density at radius 1 is 0.909 bits per heavy atom. The monoisotopic (exact) mass is 447 g/mol. The van der Waals surface area contributed by atoms with Crippen molar-refractivity contribution >= 4 is 23.7 Å². The topological polar surface area (TPSA) is 73.9 Å². The number of carbonyl (C=O) groups excluding carboxylic acids is 2. The van der Waals surface area contributed by atoms with Crippen LogP contribution in [0.25, 0.3) is 11.8 Å². The summed E-state index contributed by atoms with van der Waals surface area (Å²) in [7, 11) is 1.60. The summed E-state index contributed by atoms with van der Waals surface area (Å²) in [5.74, 6) is -0.964. The van der Waals surface area contributed by atoms with Crippen LogP contribution in [0.5, 0.6) is 5.75 Å². The van der Waals surface area contributed by atoms with Crippen molar-refractivity contribution in [3.8, 4) is 5.75 Å². The van der Waals surface area contributed by atoms with Crippen LogP contribution in [0.15, 0.2) is 77.5 Å². The Bertz CT molecular complexity index is 1100. The molecule has 1 aliphatic rings. The van der Waals surface area contributed by atoms with E-state index in [-0.39, 0.29) is 13.2 Å². The summed E-state index contributed by atoms with van der Waals surface area (Å²) in [6.07, 6.45) is 3.67. The van der Waals surface area contributed by atoms with Gasteiger partial charge in [-0.3, -0.25) is 0 Å². The van der Waals surface area contributed by atoms with Crippen molar-refractivity contribution in [1.29, 1.82) is 0 Å². The predicted molar refractivity (Wildman–Crippen MR) is 128 cm³/mol. The number of benzene rings is 2. The first-order valence-corrected chi connectivity index (χ1v) is 10.9. The van der Waals surface area contributed by atoms with Crippen LogP contribution in [0, 0.1) is 5.92 Å². The molecular weight excluding hydrogens is 418 g/mol. The number of hydrogen-bond acceptors (Lipinski definition) is 6. The number of dihydropyridines is 1. The van der Waals surface area contributed by atoms with Crippen molar-refractivity contribution in [2.45, 2.75) is 20.8 Å². The van der Waals surface area contributed by atoms with Gasteiger partial charge in [-0.25, -0.2) is 9.59 Å². The van der Waals surface area contributed by atoms with Crippen LogP contribution in [0.2, 0.25) is 0 Å². The number of methoxy groups -OCH3 is 1. The van der Waals surface area contributed by atoms with Crippen LogP contribution in [-0.2, 0) is 19.1 Å². The number of esters is 2. The minimum absolute atomic E-state index is 0.213. The van der Waals surface area contributed by atoms with Gasteiger partial charge in [0.1, 0.15) is 5.75 Å². The molecule has 1 atom stereocenters. The summed E-state index contributed by atoms with van der Waals surface area (Å²) in [6.45, 7) is 5.75. The second-order valence-electron chi connectivity index (χ2n) is 7.34. The maximum atomic E-state index is 13.2. The largest absolute Gasteiger partial charge is 0.496 e. The van der Waals surface area contributed by atoms with Crippen LogP contribution in [0.3, 0.4) is 0 Å². The van der Waals surface area contributed by atoms with E-state index in [2.05, 4.69) is 5.32 Å². The van der Waals surface area contributed by atoms with E-state index in [1.165, 1.54) is 0 Å². The van der Waals surface area contributed by atoms with Crippen molar-refractivity contribution in [3.63, 3.8) is 0 Å². The Kier molecular flexibility index (Phi) is 8.08. The highest BCUT2D eigenvalue weighted by atomic mass is 16.5. The highest BCUT2D eigenvalue weighted by Crippen LogP contribution is 2.37. The summed E-state index contributed by atoms with van der Waals surface area (Å²) < 4.78 is 16.2. The van der Waals surface area contributed by atoms with Crippen LogP contribution in [0.1, 0.15) is 31.9 Å². The third-order valence-electron chi connectivity index (χ3n) is 5.27. The average molecular weight is 448 g/mol. The molecule has 1 aliphatic heterocycles. The molecule has 2 aromatic carbocycles. The first-order valence-electron chi connectivity index (χ1n) is 10.9. The van der Waals surface area contributed by atoms with Crippen molar-refractivity contribution in [2.75, 3.05) is 20.3 Å². The Morgan fingerprint density at radius 3 is 2.15 bits per heavy atom. The molecule has 0 radical (unpaired) electrons. The maximum absolute atomic E-state index is 13.2. The van der Waals surface area contributed by atoms with Gasteiger partial charge in [-0.1, -0.05) is 60.7 Å². The molecule has 0 saturated carbocycles. The second kappa shape index (κ2) is 11.2. The normalized spacial score (nSPS) is 15.9. The molecule has 0 fully saturated rings. The lowest BCUT2D eigenvalue weighted by atomic mass is 9.83. The molecule has 33 heavy (non-hydrogen) atoms. The average Bonchev–Trinajstić information content (AvgIpc) is 2.83. The van der Waals surface area contributed by atoms with E-state index in [0.29, 0.717) is 28.3 Å². The highest BCUT2D eigenvalue weighted by molar-refractivity contribution is 6.04. The van der Waals surface area contributed by atoms with E-state index in [0.717, 1.165) is 11.1 Å². The van der Waals surface area contributed by atoms with Gasteiger partial charge in [-0.05, 0) is 32.4 Å². The van der Waals surface area contributed by atoms with E-state index < -0.39 is 17.9 Å². The highest BCUT2D eigenvalue weighted by Gasteiger charge is 2.37. The smallest absolute Gasteiger partial charge is 0.337 e. The number of ether oxygens (including phenoxy) is 3. The molecule has 0 amide bonds. The fourth-order valence-corrected chi connectivity index (χ4v) is 3.81. The van der Waals surface area contributed by atoms with Gasteiger partial charge in [-0.15, -0.1) is 0 Å². The SMILES string of the molecule is CCOC(=O)C1=C(C)NC(c2ccccc2)=C(C(=O)OCC)C1/C=C/c1ccccc1OC. The minimum Gasteiger partial charge on any atom is -0.496 e. The van der Waals surface area contributed by atoms with Gasteiger partial charge < -0.3 is 19.5 Å². The molecule has 0 aliphatic carbocycles. The number of nitrogens with one attached hydrogen (secondary N) is 1. The lowest BCUT2D eigenvalue weighted by molar-refractivity contribution is -0.139. The Hall–Kier alpha value is -3.80. The van der Waals surface area contributed by atoms with Crippen molar-refractivity contribution in [3.05, 3.63) is 88.6 Å². The minimum atomic E-state index is -0.676. The zero-order chi connectivity index (χ0) is 23.8. The van der Waals surface area contributed by atoms with E-state index in [9.17, 15) is 9.59 Å². The molecule has 2 aromatic rings. The Morgan fingerprint density at radius 2 is 1.52 bits per heavy atom. The molecule has 3 rings (SSSR count). The maximum Gasteiger partial charge on any atom is 0.337 e. The van der Waals surface area contributed by atoms with Crippen molar-refractivity contribution in [1.82, 2.24) is 5.32 Å². The fourth-order valence-electron chi connectivity index (χ4n) is 3.81. The summed E-state index contributed by atoms with van der Waals surface area (Å²) >= 11 is 0. The van der Waals surface area contributed by atoms with Crippen LogP contribution < -0.4 is 10.1 Å². The van der Waals surface area contributed by atoms with E-state index >= 15 is 0 Å². The van der Waals surface area contributed by atoms with Crippen molar-refractivity contribution < 1.29 is 23.8 Å². The van der Waals surface area contributed by atoms with Gasteiger partial charge in [0.15, 0.2) is 0 Å². The molecule has 172 valence electrons. The van der Waals surface area contributed by atoms with E-state index in [1.807, 2.05) is 66.7 Å². The molecule has 0 spiro atoms. The van der Waals surface area contributed by atoms with Gasteiger partial charge in [0.05, 0.1) is 37.2 Å². The third-order valence-corrected chi connectivity index (χ3v) is 5.27. The summed E-state index contributed by atoms with van der Waals surface area (Å²) in [6, 6.07) is 17.1. The third kappa shape index (κ3) is 5.34. The van der Waals surface area contributed by atoms with E-state index in [4.69, 9.17) is 14.2 Å². The number of rotatable bonds is 8. The quantitative estimate of drug-likeness (QED) is 0.590. The summed E-state index contributed by atoms with van der Waals surface area (Å²) in [5, 5.41) is 3.26. The van der Waals surface area contributed by atoms with E-state index in [1.54, 1.807) is 27.9 Å². The predicted octanol–water partition coefficient (Wildman–Crippen LogP) is 4.74. The molecule has 0 saturated heterocycles. The van der Waals surface area contributed by atoms with Gasteiger partial charge in [0.25, 0.3) is 0 Å². The molecule has 6 heteroatoms. The molecule has 0 bridgehead atoms. The Labute approximate surface area is 194 Å².